The molecule has 112 valence electrons. The van der Waals surface area contributed by atoms with Crippen molar-refractivity contribution in [2.75, 3.05) is 18.1 Å². The summed E-state index contributed by atoms with van der Waals surface area (Å²) >= 11 is 0. The molecule has 1 aliphatic rings. The molecule has 0 saturated carbocycles. The van der Waals surface area contributed by atoms with Gasteiger partial charge in [-0.2, -0.15) is 8.42 Å². The Bertz CT molecular complexity index is 583. The Hall–Kier alpha value is -1.11. The summed E-state index contributed by atoms with van der Waals surface area (Å²) in [5, 5.41) is 0. The van der Waals surface area contributed by atoms with Crippen molar-refractivity contribution in [3.05, 3.63) is 29.8 Å². The summed E-state index contributed by atoms with van der Waals surface area (Å²) in [6.45, 7) is 6.81. The number of hydrogen-bond donors (Lipinski definition) is 1. The fourth-order valence-corrected chi connectivity index (χ4v) is 3.39. The van der Waals surface area contributed by atoms with Gasteiger partial charge in [0.2, 0.25) is 0 Å². The summed E-state index contributed by atoms with van der Waals surface area (Å²) in [5.74, 6) is 0.458. The first-order valence-corrected chi connectivity index (χ1v) is 8.06. The van der Waals surface area contributed by atoms with E-state index in [0.29, 0.717) is 12.5 Å². The highest BCUT2D eigenvalue weighted by molar-refractivity contribution is 7.80. The largest absolute Gasteiger partial charge is 0.397 e. The zero-order valence-electron chi connectivity index (χ0n) is 12.0. The third-order valence-electron chi connectivity index (χ3n) is 3.84. The third-order valence-corrected chi connectivity index (χ3v) is 4.31. The minimum Gasteiger partial charge on any atom is -0.364 e. The predicted octanol–water partition coefficient (Wildman–Crippen LogP) is 2.60. The Morgan fingerprint density at radius 1 is 1.40 bits per heavy atom. The van der Waals surface area contributed by atoms with E-state index >= 15 is 0 Å². The van der Waals surface area contributed by atoms with Crippen LogP contribution in [0.3, 0.4) is 0 Å². The molecular weight excluding hydrogens is 278 g/mol. The molecule has 2 rings (SSSR count). The maximum Gasteiger partial charge on any atom is 0.397 e. The lowest BCUT2D eigenvalue weighted by Crippen LogP contribution is -2.49. The first-order chi connectivity index (χ1) is 9.21. The highest BCUT2D eigenvalue weighted by Gasteiger charge is 2.35. The van der Waals surface area contributed by atoms with Crippen LogP contribution in [0.25, 0.3) is 0 Å². The van der Waals surface area contributed by atoms with E-state index in [1.54, 1.807) is 0 Å². The summed E-state index contributed by atoms with van der Waals surface area (Å²) in [5.41, 5.74) is 2.28. The third kappa shape index (κ3) is 3.31. The number of anilines is 1. The molecule has 20 heavy (non-hydrogen) atoms. The van der Waals surface area contributed by atoms with Crippen molar-refractivity contribution in [3.63, 3.8) is 0 Å². The molecule has 0 saturated heterocycles. The van der Waals surface area contributed by atoms with E-state index in [9.17, 15) is 8.42 Å². The number of nitrogens with zero attached hydrogens (tertiary/aromatic N) is 1. The maximum atomic E-state index is 10.6. The van der Waals surface area contributed by atoms with Crippen LogP contribution in [-0.2, 0) is 14.6 Å². The second kappa shape index (κ2) is 5.35. The van der Waals surface area contributed by atoms with Gasteiger partial charge in [-0.05, 0) is 37.8 Å². The van der Waals surface area contributed by atoms with E-state index in [1.807, 2.05) is 18.2 Å². The van der Waals surface area contributed by atoms with Gasteiger partial charge in [0.1, 0.15) is 0 Å². The Morgan fingerprint density at radius 2 is 2.05 bits per heavy atom. The minimum atomic E-state index is -4.38. The smallest absolute Gasteiger partial charge is 0.364 e. The molecule has 0 radical (unpaired) electrons. The highest BCUT2D eigenvalue weighted by Crippen LogP contribution is 2.42. The van der Waals surface area contributed by atoms with Crippen LogP contribution in [-0.4, -0.2) is 31.7 Å². The van der Waals surface area contributed by atoms with Crippen molar-refractivity contribution in [1.82, 2.24) is 0 Å². The first-order valence-electron chi connectivity index (χ1n) is 6.69. The molecular formula is C14H21NO4S. The van der Waals surface area contributed by atoms with Crippen molar-refractivity contribution >= 4 is 16.1 Å². The predicted molar refractivity (Wildman–Crippen MR) is 78.4 cm³/mol. The molecule has 0 aromatic heterocycles. The molecule has 0 amide bonds. The summed E-state index contributed by atoms with van der Waals surface area (Å²) < 4.78 is 34.4. The quantitative estimate of drug-likeness (QED) is 0.866. The second-order valence-corrected chi connectivity index (χ2v) is 6.97. The Labute approximate surface area is 120 Å². The van der Waals surface area contributed by atoms with Gasteiger partial charge in [0.15, 0.2) is 0 Å². The molecule has 1 aliphatic heterocycles. The molecule has 0 bridgehead atoms. The van der Waals surface area contributed by atoms with Crippen LogP contribution in [0.1, 0.15) is 38.7 Å². The van der Waals surface area contributed by atoms with Crippen molar-refractivity contribution in [2.24, 2.45) is 0 Å². The van der Waals surface area contributed by atoms with Crippen LogP contribution in [0.5, 0.6) is 0 Å². The zero-order chi connectivity index (χ0) is 15.0. The molecule has 1 aromatic rings. The zero-order valence-corrected chi connectivity index (χ0v) is 12.9. The van der Waals surface area contributed by atoms with Gasteiger partial charge in [0, 0.05) is 17.8 Å². The van der Waals surface area contributed by atoms with Crippen LogP contribution in [0.2, 0.25) is 0 Å². The van der Waals surface area contributed by atoms with E-state index in [1.165, 1.54) is 5.56 Å². The summed E-state index contributed by atoms with van der Waals surface area (Å²) in [6.07, 6.45) is 0.982. The lowest BCUT2D eigenvalue weighted by molar-refractivity contribution is 0.260. The van der Waals surface area contributed by atoms with Crippen molar-refractivity contribution < 1.29 is 17.2 Å². The monoisotopic (exact) mass is 299 g/mol. The molecule has 5 nitrogen and oxygen atoms in total. The van der Waals surface area contributed by atoms with E-state index in [2.05, 4.69) is 35.9 Å². The number of para-hydroxylation sites is 1. The van der Waals surface area contributed by atoms with Gasteiger partial charge < -0.3 is 4.90 Å². The van der Waals surface area contributed by atoms with Crippen molar-refractivity contribution in [1.29, 1.82) is 0 Å². The molecule has 1 N–H and O–H groups in total. The van der Waals surface area contributed by atoms with Crippen LogP contribution >= 0.6 is 0 Å². The Kier molecular flexibility index (Phi) is 4.09. The fraction of sp³-hybridized carbons (Fsp3) is 0.571. The fourth-order valence-electron chi connectivity index (χ4n) is 3.10. The molecule has 1 atom stereocenters. The molecule has 0 spiro atoms. The highest BCUT2D eigenvalue weighted by atomic mass is 32.3. The Balaban J connectivity index is 2.23. The van der Waals surface area contributed by atoms with Crippen LogP contribution < -0.4 is 4.90 Å². The summed E-state index contributed by atoms with van der Waals surface area (Å²) in [4.78, 5) is 2.15. The van der Waals surface area contributed by atoms with Gasteiger partial charge in [0.25, 0.3) is 0 Å². The lowest BCUT2D eigenvalue weighted by Gasteiger charge is -2.47. The van der Waals surface area contributed by atoms with E-state index < -0.39 is 10.4 Å². The molecule has 0 fully saturated rings. The first kappa shape index (κ1) is 15.3. The van der Waals surface area contributed by atoms with Gasteiger partial charge >= 0.3 is 10.4 Å². The molecule has 0 aliphatic carbocycles. The normalized spacial score (nSPS) is 21.6. The maximum absolute atomic E-state index is 10.6. The van der Waals surface area contributed by atoms with Gasteiger partial charge in [-0.15, -0.1) is 0 Å². The summed E-state index contributed by atoms with van der Waals surface area (Å²) in [7, 11) is -4.38. The van der Waals surface area contributed by atoms with Crippen LogP contribution in [0.15, 0.2) is 24.3 Å². The van der Waals surface area contributed by atoms with E-state index in [0.717, 1.165) is 12.1 Å². The van der Waals surface area contributed by atoms with Crippen LogP contribution in [0, 0.1) is 0 Å². The van der Waals surface area contributed by atoms with Gasteiger partial charge in [-0.3, -0.25) is 4.55 Å². The van der Waals surface area contributed by atoms with Gasteiger partial charge in [-0.25, -0.2) is 4.18 Å². The molecule has 1 heterocycles. The second-order valence-electron chi connectivity index (χ2n) is 5.88. The summed E-state index contributed by atoms with van der Waals surface area (Å²) in [6, 6.07) is 8.14. The number of benzene rings is 1. The van der Waals surface area contributed by atoms with Gasteiger partial charge in [-0.1, -0.05) is 25.1 Å². The van der Waals surface area contributed by atoms with Crippen molar-refractivity contribution in [3.8, 4) is 0 Å². The standard InChI is InChI=1S/C14H21NO4S/c1-11-10-14(2,3)15(8-9-19-20(16,17)18)13-7-5-4-6-12(11)13/h4-7,11H,8-10H2,1-3H3,(H,16,17,18). The SMILES string of the molecule is CC1CC(C)(C)N(CCOS(=O)(=O)O)c2ccccc21. The number of rotatable bonds is 4. The molecule has 6 heteroatoms. The minimum absolute atomic E-state index is 0.0645. The van der Waals surface area contributed by atoms with Crippen molar-refractivity contribution in [2.45, 2.75) is 38.6 Å². The number of hydrogen-bond acceptors (Lipinski definition) is 4. The molecule has 1 unspecified atom stereocenters. The lowest BCUT2D eigenvalue weighted by atomic mass is 9.80. The average molecular weight is 299 g/mol. The Morgan fingerprint density at radius 3 is 2.70 bits per heavy atom. The average Bonchev–Trinajstić information content (AvgIpc) is 2.31. The van der Waals surface area contributed by atoms with E-state index in [-0.39, 0.29) is 12.1 Å². The topological polar surface area (TPSA) is 66.8 Å². The van der Waals surface area contributed by atoms with Gasteiger partial charge in [0.05, 0.1) is 6.61 Å². The number of fused-ring (bicyclic) bond motifs is 1. The molecule has 1 aromatic carbocycles. The van der Waals surface area contributed by atoms with E-state index in [4.69, 9.17) is 4.55 Å². The van der Waals surface area contributed by atoms with Crippen LogP contribution in [0.4, 0.5) is 5.69 Å².